The van der Waals surface area contributed by atoms with Gasteiger partial charge in [0.2, 0.25) is 0 Å². The smallest absolute Gasteiger partial charge is 0.261 e. The molecular weight excluding hydrogens is 288 g/mol. The van der Waals surface area contributed by atoms with Crippen molar-refractivity contribution < 1.29 is 8.42 Å². The lowest BCUT2D eigenvalue weighted by Crippen LogP contribution is -2.46. The quantitative estimate of drug-likeness (QED) is 0.827. The largest absolute Gasteiger partial charge is 0.281 e. The third kappa shape index (κ3) is 3.59. The zero-order valence-corrected chi connectivity index (χ0v) is 13.8. The molecule has 6 nitrogen and oxygen atoms in total. The van der Waals surface area contributed by atoms with Crippen molar-refractivity contribution in [2.45, 2.75) is 39.5 Å². The van der Waals surface area contributed by atoms with E-state index in [2.05, 4.69) is 9.97 Å². The molecular formula is C14H24N4O2S. The lowest BCUT2D eigenvalue weighted by molar-refractivity contribution is 0.289. The summed E-state index contributed by atoms with van der Waals surface area (Å²) < 4.78 is 28.0. The first kappa shape index (κ1) is 16.3. The van der Waals surface area contributed by atoms with Crippen LogP contribution in [0.15, 0.2) is 12.4 Å². The first-order chi connectivity index (χ1) is 9.98. The standard InChI is InChI=1S/C14H24N4O2S/c1-4-17(5-2)21(19,20)18-8-6-13(7-9-18)14-11-15-10-12(3)16-14/h10-11,13H,4-9H2,1-3H3. The molecule has 0 amide bonds. The average molecular weight is 312 g/mol. The van der Waals surface area contributed by atoms with Gasteiger partial charge in [-0.1, -0.05) is 13.8 Å². The van der Waals surface area contributed by atoms with Crippen LogP contribution in [0.3, 0.4) is 0 Å². The number of hydrogen-bond donors (Lipinski definition) is 0. The van der Waals surface area contributed by atoms with E-state index in [9.17, 15) is 8.42 Å². The summed E-state index contributed by atoms with van der Waals surface area (Å²) in [5, 5.41) is 0. The first-order valence-corrected chi connectivity index (χ1v) is 8.92. The molecule has 0 unspecified atom stereocenters. The summed E-state index contributed by atoms with van der Waals surface area (Å²) in [7, 11) is -3.31. The van der Waals surface area contributed by atoms with Crippen molar-refractivity contribution in [1.82, 2.24) is 18.6 Å². The summed E-state index contributed by atoms with van der Waals surface area (Å²) in [4.78, 5) is 8.69. The van der Waals surface area contributed by atoms with E-state index < -0.39 is 10.2 Å². The van der Waals surface area contributed by atoms with Crippen molar-refractivity contribution in [3.05, 3.63) is 23.8 Å². The van der Waals surface area contributed by atoms with Gasteiger partial charge in [-0.25, -0.2) is 0 Å². The maximum atomic E-state index is 12.5. The Hall–Kier alpha value is -1.05. The molecule has 0 spiro atoms. The van der Waals surface area contributed by atoms with Gasteiger partial charge in [-0.3, -0.25) is 9.97 Å². The third-order valence-corrected chi connectivity index (χ3v) is 6.19. The fourth-order valence-electron chi connectivity index (χ4n) is 2.78. The molecule has 1 saturated heterocycles. The van der Waals surface area contributed by atoms with E-state index in [1.54, 1.807) is 16.7 Å². The number of rotatable bonds is 5. The average Bonchev–Trinajstić information content (AvgIpc) is 2.48. The van der Waals surface area contributed by atoms with Gasteiger partial charge in [0.05, 0.1) is 11.4 Å². The Morgan fingerprint density at radius 1 is 1.24 bits per heavy atom. The van der Waals surface area contributed by atoms with Crippen LogP contribution >= 0.6 is 0 Å². The molecule has 0 aliphatic carbocycles. The molecule has 2 rings (SSSR count). The van der Waals surface area contributed by atoms with Gasteiger partial charge in [0, 0.05) is 44.5 Å². The number of aromatic nitrogens is 2. The molecule has 118 valence electrons. The van der Waals surface area contributed by atoms with Gasteiger partial charge in [0.15, 0.2) is 0 Å². The lowest BCUT2D eigenvalue weighted by atomic mass is 9.95. The van der Waals surface area contributed by atoms with Crippen LogP contribution in [0.25, 0.3) is 0 Å². The summed E-state index contributed by atoms with van der Waals surface area (Å²) in [6.45, 7) is 7.81. The maximum absolute atomic E-state index is 12.5. The number of hydrogen-bond acceptors (Lipinski definition) is 4. The lowest BCUT2D eigenvalue weighted by Gasteiger charge is -2.34. The second kappa shape index (κ2) is 6.81. The summed E-state index contributed by atoms with van der Waals surface area (Å²) >= 11 is 0. The van der Waals surface area contributed by atoms with Crippen LogP contribution in [-0.4, -0.2) is 53.2 Å². The zero-order valence-electron chi connectivity index (χ0n) is 13.0. The second-order valence-corrected chi connectivity index (χ2v) is 7.28. The highest BCUT2D eigenvalue weighted by molar-refractivity contribution is 7.86. The summed E-state index contributed by atoms with van der Waals surface area (Å²) in [5.74, 6) is 0.306. The second-order valence-electron chi connectivity index (χ2n) is 5.35. The Morgan fingerprint density at radius 3 is 2.38 bits per heavy atom. The monoisotopic (exact) mass is 312 g/mol. The van der Waals surface area contributed by atoms with Gasteiger partial charge in [-0.05, 0) is 19.8 Å². The van der Waals surface area contributed by atoms with Crippen LogP contribution in [0, 0.1) is 6.92 Å². The predicted octanol–water partition coefficient (Wildman–Crippen LogP) is 1.55. The van der Waals surface area contributed by atoms with Crippen LogP contribution in [-0.2, 0) is 10.2 Å². The Labute approximate surface area is 127 Å². The number of piperidine rings is 1. The Balaban J connectivity index is 2.03. The topological polar surface area (TPSA) is 66.4 Å². The Morgan fingerprint density at radius 2 is 1.86 bits per heavy atom. The molecule has 21 heavy (non-hydrogen) atoms. The predicted molar refractivity (Wildman–Crippen MR) is 82.2 cm³/mol. The van der Waals surface area contributed by atoms with E-state index >= 15 is 0 Å². The minimum atomic E-state index is -3.31. The molecule has 2 heterocycles. The van der Waals surface area contributed by atoms with Crippen LogP contribution in [0.5, 0.6) is 0 Å². The van der Waals surface area contributed by atoms with Gasteiger partial charge in [-0.15, -0.1) is 0 Å². The minimum Gasteiger partial charge on any atom is -0.261 e. The van der Waals surface area contributed by atoms with Crippen molar-refractivity contribution in [2.24, 2.45) is 0 Å². The first-order valence-electron chi connectivity index (χ1n) is 7.52. The summed E-state index contributed by atoms with van der Waals surface area (Å²) in [6.07, 6.45) is 5.15. The maximum Gasteiger partial charge on any atom is 0.281 e. The van der Waals surface area contributed by atoms with E-state index in [0.29, 0.717) is 32.1 Å². The summed E-state index contributed by atoms with van der Waals surface area (Å²) in [6, 6.07) is 0. The molecule has 1 aromatic rings. The van der Waals surface area contributed by atoms with Crippen LogP contribution in [0.1, 0.15) is 44.0 Å². The molecule has 0 bridgehead atoms. The van der Waals surface area contributed by atoms with Crippen molar-refractivity contribution >= 4 is 10.2 Å². The van der Waals surface area contributed by atoms with Crippen molar-refractivity contribution in [3.63, 3.8) is 0 Å². The Bertz CT molecular complexity index is 564. The van der Waals surface area contributed by atoms with E-state index in [1.807, 2.05) is 20.8 Å². The van der Waals surface area contributed by atoms with Gasteiger partial charge < -0.3 is 0 Å². The number of aryl methyl sites for hydroxylation is 1. The molecule has 1 aliphatic heterocycles. The summed E-state index contributed by atoms with van der Waals surface area (Å²) in [5.41, 5.74) is 1.89. The molecule has 0 N–H and O–H groups in total. The highest BCUT2D eigenvalue weighted by Gasteiger charge is 2.32. The van der Waals surface area contributed by atoms with Gasteiger partial charge in [0.1, 0.15) is 0 Å². The normalized spacial score (nSPS) is 18.3. The molecule has 1 aromatic heterocycles. The molecule has 0 radical (unpaired) electrons. The van der Waals surface area contributed by atoms with Crippen molar-refractivity contribution in [3.8, 4) is 0 Å². The third-order valence-electron chi connectivity index (χ3n) is 4.00. The number of nitrogens with zero attached hydrogens (tertiary/aromatic N) is 4. The highest BCUT2D eigenvalue weighted by Crippen LogP contribution is 2.28. The molecule has 7 heteroatoms. The van der Waals surface area contributed by atoms with Crippen molar-refractivity contribution in [1.29, 1.82) is 0 Å². The van der Waals surface area contributed by atoms with E-state index in [1.165, 1.54) is 4.31 Å². The minimum absolute atomic E-state index is 0.306. The van der Waals surface area contributed by atoms with Crippen LogP contribution in [0.4, 0.5) is 0 Å². The van der Waals surface area contributed by atoms with Crippen LogP contribution in [0.2, 0.25) is 0 Å². The van der Waals surface area contributed by atoms with Gasteiger partial charge in [-0.2, -0.15) is 17.0 Å². The molecule has 1 fully saturated rings. The SMILES string of the molecule is CCN(CC)S(=O)(=O)N1CCC(c2cncc(C)n2)CC1. The fourth-order valence-corrected chi connectivity index (χ4v) is 4.43. The molecule has 1 aliphatic rings. The molecule has 0 atom stereocenters. The molecule has 0 saturated carbocycles. The fraction of sp³-hybridized carbons (Fsp3) is 0.714. The molecule has 0 aromatic carbocycles. The van der Waals surface area contributed by atoms with E-state index in [4.69, 9.17) is 0 Å². The van der Waals surface area contributed by atoms with Gasteiger partial charge >= 0.3 is 0 Å². The van der Waals surface area contributed by atoms with Gasteiger partial charge in [0.25, 0.3) is 10.2 Å². The van der Waals surface area contributed by atoms with E-state index in [0.717, 1.165) is 24.2 Å². The van der Waals surface area contributed by atoms with Crippen LogP contribution < -0.4 is 0 Å². The van der Waals surface area contributed by atoms with Crippen molar-refractivity contribution in [2.75, 3.05) is 26.2 Å². The van der Waals surface area contributed by atoms with E-state index in [-0.39, 0.29) is 0 Å². The Kier molecular flexibility index (Phi) is 5.29. The zero-order chi connectivity index (χ0) is 15.5. The highest BCUT2D eigenvalue weighted by atomic mass is 32.2.